The van der Waals surface area contributed by atoms with Crippen LogP contribution in [0.1, 0.15) is 84.6 Å². The molecule has 3 aromatic rings. The molecule has 43 heavy (non-hydrogen) atoms. The van der Waals surface area contributed by atoms with Crippen molar-refractivity contribution in [3.63, 3.8) is 0 Å². The molecule has 0 radical (unpaired) electrons. The molecule has 220 valence electrons. The van der Waals surface area contributed by atoms with E-state index < -0.39 is 23.1 Å². The van der Waals surface area contributed by atoms with E-state index in [9.17, 15) is 19.8 Å². The van der Waals surface area contributed by atoms with Gasteiger partial charge in [-0.2, -0.15) is 0 Å². The molecule has 1 fully saturated rings. The van der Waals surface area contributed by atoms with Gasteiger partial charge in [0.1, 0.15) is 5.60 Å². The maximum absolute atomic E-state index is 12.5. The molecule has 0 amide bonds. The third-order valence-corrected chi connectivity index (χ3v) is 9.15. The topological polar surface area (TPSA) is 141 Å². The number of carbonyl (C=O) groups is 2. The third-order valence-electron chi connectivity index (χ3n) is 9.15. The molecule has 9 heteroatoms. The Balaban J connectivity index is 1.79. The third kappa shape index (κ3) is 4.26. The first kappa shape index (κ1) is 28.4. The molecule has 3 aliphatic rings. The number of aromatic amines is 2. The van der Waals surface area contributed by atoms with Gasteiger partial charge in [-0.3, -0.25) is 14.6 Å². The van der Waals surface area contributed by atoms with E-state index in [-0.39, 0.29) is 25.7 Å². The van der Waals surface area contributed by atoms with E-state index in [2.05, 4.69) is 23.1 Å². The Morgan fingerprint density at radius 2 is 1.58 bits per heavy atom. The molecule has 4 N–H and O–H groups in total. The number of carboxylic acid groups (broad SMARTS) is 1. The zero-order chi connectivity index (χ0) is 30.8. The van der Waals surface area contributed by atoms with Crippen molar-refractivity contribution in [1.82, 2.24) is 19.9 Å². The minimum Gasteiger partial charge on any atom is -0.481 e. The molecule has 0 aliphatic carbocycles. The molecule has 0 saturated carbocycles. The van der Waals surface area contributed by atoms with Gasteiger partial charge in [-0.15, -0.1) is 0 Å². The summed E-state index contributed by atoms with van der Waals surface area (Å²) in [7, 11) is 0. The Morgan fingerprint density at radius 1 is 0.953 bits per heavy atom. The number of rotatable bonds is 5. The largest absolute Gasteiger partial charge is 0.481 e. The Bertz CT molecular complexity index is 1960. The summed E-state index contributed by atoms with van der Waals surface area (Å²) >= 11 is 0. The van der Waals surface area contributed by atoms with Gasteiger partial charge in [-0.05, 0) is 80.7 Å². The van der Waals surface area contributed by atoms with Crippen molar-refractivity contribution in [2.75, 3.05) is 0 Å². The average Bonchev–Trinajstić information content (AvgIpc) is 3.69. The predicted octanol–water partition coefficient (Wildman–Crippen LogP) is 6.45. The molecule has 0 aromatic carbocycles. The number of aliphatic carboxylic acids is 1. The van der Waals surface area contributed by atoms with Gasteiger partial charge in [0.25, 0.3) is 0 Å². The highest BCUT2D eigenvalue weighted by molar-refractivity contribution is 5.94. The van der Waals surface area contributed by atoms with Gasteiger partial charge in [-0.1, -0.05) is 25.3 Å². The van der Waals surface area contributed by atoms with Gasteiger partial charge < -0.3 is 24.9 Å². The number of H-pyrrole nitrogens is 2. The number of hydrogen-bond acceptors (Lipinski definition) is 6. The number of aryl methyl sites for hydroxylation is 2. The lowest BCUT2D eigenvalue weighted by Gasteiger charge is -2.34. The fourth-order valence-electron chi connectivity index (χ4n) is 6.54. The fourth-order valence-corrected chi connectivity index (χ4v) is 6.54. The SMILES string of the molecule is C=Cc1c(C)c2cc3[nH]c(cc4nc(cc5nc(cc1[nH]2)[C@@](C)(O)[C@@]51CCC(=O)O1)C(CCC(=O)O)=C4C)c(C)c3C=C. The highest BCUT2D eigenvalue weighted by Gasteiger charge is 2.61. The Labute approximate surface area is 248 Å². The van der Waals surface area contributed by atoms with E-state index in [4.69, 9.17) is 14.7 Å². The quantitative estimate of drug-likeness (QED) is 0.255. The number of allylic oxidation sites excluding steroid dienone is 2. The summed E-state index contributed by atoms with van der Waals surface area (Å²) in [4.78, 5) is 40.9. The Kier molecular flexibility index (Phi) is 6.54. The summed E-state index contributed by atoms with van der Waals surface area (Å²) in [5.74, 6) is -1.34. The van der Waals surface area contributed by atoms with Gasteiger partial charge in [-0.25, -0.2) is 4.98 Å². The predicted molar refractivity (Wildman–Crippen MR) is 167 cm³/mol. The summed E-state index contributed by atoms with van der Waals surface area (Å²) in [5.41, 5.74) is 7.45. The van der Waals surface area contributed by atoms with Crippen LogP contribution < -0.4 is 0 Å². The Morgan fingerprint density at radius 3 is 2.16 bits per heavy atom. The first-order chi connectivity index (χ1) is 20.4. The first-order valence-electron chi connectivity index (χ1n) is 14.3. The number of fused-ring (bicyclic) bond motifs is 9. The minimum absolute atomic E-state index is 0.0812. The maximum atomic E-state index is 12.5. The van der Waals surface area contributed by atoms with E-state index in [1.54, 1.807) is 25.1 Å². The summed E-state index contributed by atoms with van der Waals surface area (Å²) in [6.45, 7) is 15.6. The lowest BCUT2D eigenvalue weighted by Crippen LogP contribution is -2.43. The molecular formula is C34H34N4O5. The van der Waals surface area contributed by atoms with Gasteiger partial charge in [0.05, 0.1) is 22.8 Å². The molecule has 2 atom stereocenters. The van der Waals surface area contributed by atoms with Crippen LogP contribution in [-0.4, -0.2) is 42.1 Å². The number of carboxylic acids is 1. The zero-order valence-electron chi connectivity index (χ0n) is 24.7. The summed E-state index contributed by atoms with van der Waals surface area (Å²) < 4.78 is 5.90. The van der Waals surface area contributed by atoms with E-state index in [1.807, 2.05) is 39.0 Å². The van der Waals surface area contributed by atoms with Crippen LogP contribution in [0.4, 0.5) is 0 Å². The summed E-state index contributed by atoms with van der Waals surface area (Å²) in [6, 6.07) is 7.48. The van der Waals surface area contributed by atoms with Crippen molar-refractivity contribution in [3.05, 3.63) is 82.5 Å². The molecule has 8 bridgehead atoms. The van der Waals surface area contributed by atoms with Gasteiger partial charge in [0.15, 0.2) is 5.60 Å². The molecule has 6 heterocycles. The standard InChI is InChI=1S/C34H34N4O5/c1-7-20-17(3)23-13-24-19(5)22(9-10-31(39)40)28(37-24)16-30-34(12-11-32(41)43-34)33(6,42)29(38-30)15-27-21(8-2)18(4)25(36-27)14-26(20)35-23/h7-8,13-16,35-36,42H,1-2,9-12H2,3-6H3,(H,39,40)/t33-,34-/m1/s1. The zero-order valence-corrected chi connectivity index (χ0v) is 24.7. The monoisotopic (exact) mass is 578 g/mol. The first-order valence-corrected chi connectivity index (χ1v) is 14.3. The Hall–Kier alpha value is -4.76. The van der Waals surface area contributed by atoms with Crippen molar-refractivity contribution in [2.24, 2.45) is 0 Å². The highest BCUT2D eigenvalue weighted by atomic mass is 16.6. The van der Waals surface area contributed by atoms with E-state index in [1.165, 1.54) is 0 Å². The molecule has 1 spiro atoms. The lowest BCUT2D eigenvalue weighted by molar-refractivity contribution is -0.179. The maximum Gasteiger partial charge on any atom is 0.307 e. The van der Waals surface area contributed by atoms with E-state index in [0.717, 1.165) is 50.0 Å². The van der Waals surface area contributed by atoms with Crippen molar-refractivity contribution in [3.8, 4) is 0 Å². The van der Waals surface area contributed by atoms with Crippen LogP contribution in [0.2, 0.25) is 0 Å². The summed E-state index contributed by atoms with van der Waals surface area (Å²) in [6.07, 6.45) is 4.11. The van der Waals surface area contributed by atoms with Crippen LogP contribution in [0.25, 0.3) is 45.4 Å². The van der Waals surface area contributed by atoms with E-state index >= 15 is 0 Å². The number of carbonyl (C=O) groups excluding carboxylic acids is 1. The second-order valence-corrected chi connectivity index (χ2v) is 11.6. The number of aromatic nitrogens is 4. The van der Waals surface area contributed by atoms with Gasteiger partial charge in [0, 0.05) is 52.5 Å². The van der Waals surface area contributed by atoms with Crippen molar-refractivity contribution in [1.29, 1.82) is 0 Å². The lowest BCUT2D eigenvalue weighted by atomic mass is 9.79. The number of nitrogens with zero attached hydrogens (tertiary/aromatic N) is 2. The second kappa shape index (κ2) is 9.91. The van der Waals surface area contributed by atoms with Crippen LogP contribution in [0.5, 0.6) is 0 Å². The second-order valence-electron chi connectivity index (χ2n) is 11.6. The molecule has 0 unspecified atom stereocenters. The molecule has 3 aliphatic heterocycles. The smallest absolute Gasteiger partial charge is 0.307 e. The number of ether oxygens (including phenoxy) is 1. The minimum atomic E-state index is -1.65. The average molecular weight is 579 g/mol. The molecule has 6 rings (SSSR count). The number of esters is 1. The van der Waals surface area contributed by atoms with E-state index in [0.29, 0.717) is 28.3 Å². The highest BCUT2D eigenvalue weighted by Crippen LogP contribution is 2.53. The van der Waals surface area contributed by atoms with Crippen LogP contribution in [-0.2, 0) is 25.5 Å². The fraction of sp³-hybridized carbons (Fsp3) is 0.294. The normalized spacial score (nSPS) is 21.4. The van der Waals surface area contributed by atoms with Crippen LogP contribution in [0.3, 0.4) is 0 Å². The molecule has 3 aromatic heterocycles. The molecule has 1 saturated heterocycles. The molecular weight excluding hydrogens is 544 g/mol. The van der Waals surface area contributed by atoms with Crippen molar-refractivity contribution < 1.29 is 24.5 Å². The number of nitrogens with one attached hydrogen (secondary N) is 2. The summed E-state index contributed by atoms with van der Waals surface area (Å²) in [5, 5.41) is 21.5. The number of aliphatic hydroxyl groups is 1. The van der Waals surface area contributed by atoms with Gasteiger partial charge in [0.2, 0.25) is 0 Å². The van der Waals surface area contributed by atoms with Gasteiger partial charge >= 0.3 is 11.9 Å². The van der Waals surface area contributed by atoms with Crippen molar-refractivity contribution in [2.45, 2.75) is 64.6 Å². The number of hydrogen-bond donors (Lipinski definition) is 4. The van der Waals surface area contributed by atoms with Crippen LogP contribution >= 0.6 is 0 Å². The van der Waals surface area contributed by atoms with Crippen molar-refractivity contribution >= 4 is 57.3 Å². The van der Waals surface area contributed by atoms with Crippen LogP contribution in [0, 0.1) is 13.8 Å². The van der Waals surface area contributed by atoms with Crippen LogP contribution in [0.15, 0.2) is 37.4 Å². The molecule has 9 nitrogen and oxygen atoms in total.